The van der Waals surface area contributed by atoms with E-state index in [4.69, 9.17) is 4.74 Å². The molecule has 1 aromatic rings. The molecule has 1 N–H and O–H groups in total. The zero-order valence-corrected chi connectivity index (χ0v) is 12.0. The van der Waals surface area contributed by atoms with Crippen molar-refractivity contribution in [2.24, 2.45) is 5.92 Å². The van der Waals surface area contributed by atoms with Gasteiger partial charge in [-0.2, -0.15) is 0 Å². The van der Waals surface area contributed by atoms with Crippen LogP contribution in [0.3, 0.4) is 0 Å². The molecule has 4 rings (SSSR count). The fraction of sp³-hybridized carbons (Fsp3) is 0.625. The number of fused-ring (bicyclic) bond motifs is 1. The van der Waals surface area contributed by atoms with Gasteiger partial charge in [0, 0.05) is 23.6 Å². The summed E-state index contributed by atoms with van der Waals surface area (Å²) < 4.78 is 5.95. The Morgan fingerprint density at radius 3 is 2.89 bits per heavy atom. The van der Waals surface area contributed by atoms with Crippen molar-refractivity contribution in [3.8, 4) is 0 Å². The molecule has 2 nitrogen and oxygen atoms in total. The largest absolute Gasteiger partial charge is 0.376 e. The van der Waals surface area contributed by atoms with E-state index in [2.05, 4.69) is 29.6 Å². The molecule has 0 aromatic heterocycles. The lowest BCUT2D eigenvalue weighted by Crippen LogP contribution is -2.40. The third-order valence-corrected chi connectivity index (χ3v) is 5.72. The highest BCUT2D eigenvalue weighted by atomic mass is 32.2. The van der Waals surface area contributed by atoms with E-state index >= 15 is 0 Å². The second-order valence-corrected chi connectivity index (χ2v) is 7.10. The second-order valence-electron chi connectivity index (χ2n) is 5.96. The standard InChI is InChI=1S/C16H21NOS/c1-2-4-15-12(3-1)13(8-10-19-15)17-14-7-9-18-16(14)11-5-6-11/h1-4,11,13-14,16-17H,5-10H2. The fourth-order valence-corrected chi connectivity index (χ4v) is 4.58. The molecular weight excluding hydrogens is 254 g/mol. The Morgan fingerprint density at radius 1 is 1.11 bits per heavy atom. The fourth-order valence-electron chi connectivity index (χ4n) is 3.45. The average molecular weight is 275 g/mol. The minimum Gasteiger partial charge on any atom is -0.376 e. The maximum absolute atomic E-state index is 5.95. The number of hydrogen-bond acceptors (Lipinski definition) is 3. The van der Waals surface area contributed by atoms with E-state index in [0.717, 1.165) is 12.5 Å². The van der Waals surface area contributed by atoms with Crippen LogP contribution in [0.1, 0.15) is 37.3 Å². The molecule has 1 saturated carbocycles. The average Bonchev–Trinajstić information content (AvgIpc) is 3.20. The summed E-state index contributed by atoms with van der Waals surface area (Å²) in [5.41, 5.74) is 1.50. The van der Waals surface area contributed by atoms with E-state index in [-0.39, 0.29) is 0 Å². The van der Waals surface area contributed by atoms with Crippen molar-refractivity contribution in [1.82, 2.24) is 5.32 Å². The van der Waals surface area contributed by atoms with Gasteiger partial charge in [0.1, 0.15) is 0 Å². The molecule has 0 radical (unpaired) electrons. The van der Waals surface area contributed by atoms with Crippen LogP contribution in [-0.2, 0) is 4.74 Å². The van der Waals surface area contributed by atoms with E-state index in [1.807, 2.05) is 11.8 Å². The molecule has 2 aliphatic heterocycles. The highest BCUT2D eigenvalue weighted by Crippen LogP contribution is 2.41. The minimum atomic E-state index is 0.488. The van der Waals surface area contributed by atoms with Crippen molar-refractivity contribution in [2.75, 3.05) is 12.4 Å². The highest BCUT2D eigenvalue weighted by Gasteiger charge is 2.41. The summed E-state index contributed by atoms with van der Waals surface area (Å²) in [7, 11) is 0. The Bertz CT molecular complexity index is 460. The van der Waals surface area contributed by atoms with Gasteiger partial charge in [-0.3, -0.25) is 0 Å². The van der Waals surface area contributed by atoms with Gasteiger partial charge >= 0.3 is 0 Å². The minimum absolute atomic E-state index is 0.488. The predicted molar refractivity (Wildman–Crippen MR) is 78.5 cm³/mol. The molecule has 3 aliphatic rings. The van der Waals surface area contributed by atoms with Crippen LogP contribution in [0.15, 0.2) is 29.2 Å². The number of thioether (sulfide) groups is 1. The lowest BCUT2D eigenvalue weighted by Gasteiger charge is -2.30. The van der Waals surface area contributed by atoms with Crippen LogP contribution in [0.5, 0.6) is 0 Å². The van der Waals surface area contributed by atoms with Gasteiger partial charge in [-0.15, -0.1) is 11.8 Å². The molecule has 102 valence electrons. The zero-order chi connectivity index (χ0) is 12.7. The first-order chi connectivity index (χ1) is 9.42. The molecule has 19 heavy (non-hydrogen) atoms. The summed E-state index contributed by atoms with van der Waals surface area (Å²) in [5, 5.41) is 3.91. The summed E-state index contributed by atoms with van der Waals surface area (Å²) >= 11 is 2.00. The van der Waals surface area contributed by atoms with E-state index in [1.54, 1.807) is 0 Å². The van der Waals surface area contributed by atoms with E-state index in [9.17, 15) is 0 Å². The van der Waals surface area contributed by atoms with Gasteiger partial charge in [-0.25, -0.2) is 0 Å². The predicted octanol–water partition coefficient (Wildman–Crippen LogP) is 3.38. The van der Waals surface area contributed by atoms with Crippen LogP contribution in [0.25, 0.3) is 0 Å². The van der Waals surface area contributed by atoms with Gasteiger partial charge in [0.25, 0.3) is 0 Å². The Kier molecular flexibility index (Phi) is 3.30. The van der Waals surface area contributed by atoms with Crippen molar-refractivity contribution < 1.29 is 4.74 Å². The van der Waals surface area contributed by atoms with Crippen LogP contribution in [0, 0.1) is 5.92 Å². The zero-order valence-electron chi connectivity index (χ0n) is 11.2. The molecule has 3 unspecified atom stereocenters. The third kappa shape index (κ3) is 2.44. The molecule has 0 spiro atoms. The molecular formula is C16H21NOS. The summed E-state index contributed by atoms with van der Waals surface area (Å²) in [6, 6.07) is 9.99. The number of ether oxygens (including phenoxy) is 1. The topological polar surface area (TPSA) is 21.3 Å². The molecule has 3 atom stereocenters. The van der Waals surface area contributed by atoms with E-state index < -0.39 is 0 Å². The molecule has 1 aliphatic carbocycles. The van der Waals surface area contributed by atoms with Gasteiger partial charge < -0.3 is 10.1 Å². The summed E-state index contributed by atoms with van der Waals surface area (Å²) in [4.78, 5) is 1.47. The van der Waals surface area contributed by atoms with Crippen LogP contribution >= 0.6 is 11.8 Å². The lowest BCUT2D eigenvalue weighted by molar-refractivity contribution is 0.0786. The number of rotatable bonds is 3. The first-order valence-electron chi connectivity index (χ1n) is 7.51. The van der Waals surface area contributed by atoms with Crippen LogP contribution in [0.4, 0.5) is 0 Å². The molecule has 1 aromatic carbocycles. The monoisotopic (exact) mass is 275 g/mol. The molecule has 0 amide bonds. The first kappa shape index (κ1) is 12.2. The van der Waals surface area contributed by atoms with Crippen LogP contribution in [-0.4, -0.2) is 24.5 Å². The maximum Gasteiger partial charge on any atom is 0.0757 e. The molecule has 0 bridgehead atoms. The van der Waals surface area contributed by atoms with Crippen molar-refractivity contribution in [2.45, 2.75) is 48.8 Å². The van der Waals surface area contributed by atoms with E-state index in [1.165, 1.54) is 41.9 Å². The lowest BCUT2D eigenvalue weighted by atomic mass is 9.99. The Hall–Kier alpha value is -0.510. The van der Waals surface area contributed by atoms with Crippen LogP contribution < -0.4 is 5.32 Å². The molecule has 3 heteroatoms. The first-order valence-corrected chi connectivity index (χ1v) is 8.50. The van der Waals surface area contributed by atoms with Gasteiger partial charge in [0.05, 0.1) is 6.10 Å². The van der Waals surface area contributed by atoms with Gasteiger partial charge in [-0.1, -0.05) is 18.2 Å². The third-order valence-electron chi connectivity index (χ3n) is 4.60. The van der Waals surface area contributed by atoms with Gasteiger partial charge in [0.15, 0.2) is 0 Å². The van der Waals surface area contributed by atoms with E-state index in [0.29, 0.717) is 18.2 Å². The Balaban J connectivity index is 1.51. The smallest absolute Gasteiger partial charge is 0.0757 e. The quantitative estimate of drug-likeness (QED) is 0.913. The summed E-state index contributed by atoms with van der Waals surface area (Å²) in [6.45, 7) is 0.946. The van der Waals surface area contributed by atoms with Gasteiger partial charge in [-0.05, 0) is 49.0 Å². The SMILES string of the molecule is c1ccc2c(c1)SCCC2NC1CCOC1C1CC1. The molecule has 2 heterocycles. The van der Waals surface area contributed by atoms with Crippen molar-refractivity contribution >= 4 is 11.8 Å². The van der Waals surface area contributed by atoms with Crippen molar-refractivity contribution in [3.63, 3.8) is 0 Å². The number of hydrogen-bond donors (Lipinski definition) is 1. The molecule has 2 fully saturated rings. The van der Waals surface area contributed by atoms with Crippen molar-refractivity contribution in [1.29, 1.82) is 0 Å². The highest BCUT2D eigenvalue weighted by molar-refractivity contribution is 7.99. The summed E-state index contributed by atoms with van der Waals surface area (Å²) in [5.74, 6) is 2.07. The number of benzene rings is 1. The van der Waals surface area contributed by atoms with Crippen molar-refractivity contribution in [3.05, 3.63) is 29.8 Å². The number of nitrogens with one attached hydrogen (secondary N) is 1. The Labute approximate surface area is 119 Å². The maximum atomic E-state index is 5.95. The normalized spacial score (nSPS) is 34.2. The molecule has 1 saturated heterocycles. The Morgan fingerprint density at radius 2 is 2.00 bits per heavy atom. The van der Waals surface area contributed by atoms with Gasteiger partial charge in [0.2, 0.25) is 0 Å². The van der Waals surface area contributed by atoms with Crippen LogP contribution in [0.2, 0.25) is 0 Å². The summed E-state index contributed by atoms with van der Waals surface area (Å²) in [6.07, 6.45) is 5.67. The second kappa shape index (κ2) is 5.12.